The van der Waals surface area contributed by atoms with Crippen molar-refractivity contribution < 1.29 is 5.11 Å². The number of hydrogen-bond donors (Lipinski definition) is 1. The van der Waals surface area contributed by atoms with Gasteiger partial charge in [-0.1, -0.05) is 61.9 Å². The zero-order chi connectivity index (χ0) is 10.9. The zero-order valence-electron chi connectivity index (χ0n) is 9.19. The van der Waals surface area contributed by atoms with E-state index in [1.165, 1.54) is 10.8 Å². The van der Waals surface area contributed by atoms with E-state index in [9.17, 15) is 0 Å². The van der Waals surface area contributed by atoms with Crippen molar-refractivity contribution in [3.8, 4) is 0 Å². The van der Waals surface area contributed by atoms with Crippen LogP contribution in [0.5, 0.6) is 0 Å². The monoisotopic (exact) mass is 202 g/mol. The molecule has 0 unspecified atom stereocenters. The van der Waals surface area contributed by atoms with Crippen LogP contribution in [0.3, 0.4) is 0 Å². The molecule has 0 bridgehead atoms. The van der Waals surface area contributed by atoms with Crippen LogP contribution >= 0.6 is 0 Å². The Morgan fingerprint density at radius 2 is 1.27 bits per heavy atom. The maximum absolute atomic E-state index is 8.07. The molecule has 1 nitrogen and oxygen atoms in total. The minimum Gasteiger partial charge on any atom is -0.396 e. The van der Waals surface area contributed by atoms with Crippen molar-refractivity contribution in [2.45, 2.75) is 19.8 Å². The molecular formula is C14H18O. The van der Waals surface area contributed by atoms with Crippen molar-refractivity contribution in [2.24, 2.45) is 0 Å². The van der Waals surface area contributed by atoms with Gasteiger partial charge >= 0.3 is 0 Å². The fourth-order valence-corrected chi connectivity index (χ4v) is 1.29. The van der Waals surface area contributed by atoms with E-state index in [0.717, 1.165) is 12.8 Å². The van der Waals surface area contributed by atoms with Crippen molar-refractivity contribution in [3.05, 3.63) is 48.5 Å². The van der Waals surface area contributed by atoms with Crippen LogP contribution in [0, 0.1) is 0 Å². The Morgan fingerprint density at radius 3 is 1.47 bits per heavy atom. The van der Waals surface area contributed by atoms with Gasteiger partial charge in [-0.25, -0.2) is 0 Å². The van der Waals surface area contributed by atoms with Gasteiger partial charge in [0.05, 0.1) is 0 Å². The molecule has 0 spiro atoms. The summed E-state index contributed by atoms with van der Waals surface area (Å²) in [5.41, 5.74) is 0. The average Bonchev–Trinajstić information content (AvgIpc) is 2.31. The van der Waals surface area contributed by atoms with Gasteiger partial charge in [-0.2, -0.15) is 0 Å². The van der Waals surface area contributed by atoms with Crippen LogP contribution in [0.2, 0.25) is 0 Å². The summed E-state index contributed by atoms with van der Waals surface area (Å²) in [6.45, 7) is 2.40. The van der Waals surface area contributed by atoms with Gasteiger partial charge in [0.25, 0.3) is 0 Å². The molecule has 0 radical (unpaired) electrons. The molecule has 0 saturated heterocycles. The number of fused-ring (bicyclic) bond motifs is 1. The second-order valence-electron chi connectivity index (χ2n) is 3.42. The Kier molecular flexibility index (Phi) is 5.49. The topological polar surface area (TPSA) is 20.2 Å². The summed E-state index contributed by atoms with van der Waals surface area (Å²) in [5.74, 6) is 0. The third kappa shape index (κ3) is 4.13. The molecule has 0 aliphatic rings. The van der Waals surface area contributed by atoms with Crippen LogP contribution in [-0.2, 0) is 0 Å². The Hall–Kier alpha value is -1.34. The van der Waals surface area contributed by atoms with Crippen LogP contribution in [0.15, 0.2) is 48.5 Å². The fraction of sp³-hybridized carbons (Fsp3) is 0.286. The lowest BCUT2D eigenvalue weighted by atomic mass is 10.1. The highest BCUT2D eigenvalue weighted by Gasteiger charge is 1.85. The molecule has 0 fully saturated rings. The molecule has 0 aromatic heterocycles. The summed E-state index contributed by atoms with van der Waals surface area (Å²) in [7, 11) is 0. The summed E-state index contributed by atoms with van der Waals surface area (Å²) < 4.78 is 0. The van der Waals surface area contributed by atoms with Gasteiger partial charge in [0.2, 0.25) is 0 Å². The molecule has 0 atom stereocenters. The van der Waals surface area contributed by atoms with Gasteiger partial charge in [-0.3, -0.25) is 0 Å². The summed E-state index contributed by atoms with van der Waals surface area (Å²) >= 11 is 0. The van der Waals surface area contributed by atoms with Crippen molar-refractivity contribution >= 4 is 10.8 Å². The van der Waals surface area contributed by atoms with E-state index < -0.39 is 0 Å². The van der Waals surface area contributed by atoms with E-state index in [1.54, 1.807) is 0 Å². The lowest BCUT2D eigenvalue weighted by Gasteiger charge is -1.92. The molecule has 0 aliphatic heterocycles. The Labute approximate surface area is 91.4 Å². The lowest BCUT2D eigenvalue weighted by molar-refractivity contribution is 0.287. The number of aliphatic hydroxyl groups is 1. The van der Waals surface area contributed by atoms with Crippen LogP contribution in [-0.4, -0.2) is 11.7 Å². The van der Waals surface area contributed by atoms with Crippen molar-refractivity contribution in [1.29, 1.82) is 0 Å². The SMILES string of the molecule is CCCCO.c1ccc2ccccc2c1. The first-order chi connectivity index (χ1) is 7.38. The predicted octanol–water partition coefficient (Wildman–Crippen LogP) is 3.62. The highest BCUT2D eigenvalue weighted by molar-refractivity contribution is 5.81. The van der Waals surface area contributed by atoms with Gasteiger partial charge < -0.3 is 5.11 Å². The van der Waals surface area contributed by atoms with E-state index in [4.69, 9.17) is 5.11 Å². The molecule has 2 aromatic rings. The first kappa shape index (κ1) is 11.7. The van der Waals surface area contributed by atoms with E-state index >= 15 is 0 Å². The molecule has 2 rings (SSSR count). The second kappa shape index (κ2) is 7.02. The second-order valence-corrected chi connectivity index (χ2v) is 3.42. The van der Waals surface area contributed by atoms with Gasteiger partial charge in [0, 0.05) is 6.61 Å². The minimum absolute atomic E-state index is 0.344. The molecule has 1 heteroatoms. The fourth-order valence-electron chi connectivity index (χ4n) is 1.29. The number of benzene rings is 2. The highest BCUT2D eigenvalue weighted by Crippen LogP contribution is 2.11. The summed E-state index contributed by atoms with van der Waals surface area (Å²) in [6, 6.07) is 16.7. The molecule has 0 aliphatic carbocycles. The molecule has 0 saturated carbocycles. The molecule has 0 amide bonds. The highest BCUT2D eigenvalue weighted by atomic mass is 16.2. The number of aliphatic hydroxyl groups excluding tert-OH is 1. The van der Waals surface area contributed by atoms with Crippen LogP contribution in [0.1, 0.15) is 19.8 Å². The van der Waals surface area contributed by atoms with E-state index in [0.29, 0.717) is 6.61 Å². The third-order valence-electron chi connectivity index (χ3n) is 2.17. The normalized spacial score (nSPS) is 9.47. The van der Waals surface area contributed by atoms with E-state index in [-0.39, 0.29) is 0 Å². The Morgan fingerprint density at radius 1 is 0.867 bits per heavy atom. The molecular weight excluding hydrogens is 184 g/mol. The first-order valence-corrected chi connectivity index (χ1v) is 5.43. The Balaban J connectivity index is 0.000000195. The molecule has 1 N–H and O–H groups in total. The first-order valence-electron chi connectivity index (χ1n) is 5.43. The minimum atomic E-state index is 0.344. The van der Waals surface area contributed by atoms with Crippen LogP contribution < -0.4 is 0 Å². The van der Waals surface area contributed by atoms with Crippen molar-refractivity contribution in [2.75, 3.05) is 6.61 Å². The predicted molar refractivity (Wildman–Crippen MR) is 65.9 cm³/mol. The maximum atomic E-state index is 8.07. The zero-order valence-corrected chi connectivity index (χ0v) is 9.19. The van der Waals surface area contributed by atoms with E-state index in [1.807, 2.05) is 0 Å². The number of unbranched alkanes of at least 4 members (excludes halogenated alkanes) is 1. The van der Waals surface area contributed by atoms with Crippen molar-refractivity contribution in [1.82, 2.24) is 0 Å². The quantitative estimate of drug-likeness (QED) is 0.788. The smallest absolute Gasteiger partial charge is 0.0430 e. The summed E-state index contributed by atoms with van der Waals surface area (Å²) in [5, 5.41) is 10.7. The molecule has 15 heavy (non-hydrogen) atoms. The van der Waals surface area contributed by atoms with E-state index in [2.05, 4.69) is 55.5 Å². The van der Waals surface area contributed by atoms with Crippen LogP contribution in [0.4, 0.5) is 0 Å². The van der Waals surface area contributed by atoms with Gasteiger partial charge in [0.15, 0.2) is 0 Å². The van der Waals surface area contributed by atoms with Crippen molar-refractivity contribution in [3.63, 3.8) is 0 Å². The third-order valence-corrected chi connectivity index (χ3v) is 2.17. The van der Waals surface area contributed by atoms with Gasteiger partial charge in [-0.05, 0) is 17.2 Å². The van der Waals surface area contributed by atoms with Gasteiger partial charge in [0.1, 0.15) is 0 Å². The average molecular weight is 202 g/mol. The summed E-state index contributed by atoms with van der Waals surface area (Å²) in [6.07, 6.45) is 2.04. The maximum Gasteiger partial charge on any atom is 0.0430 e. The lowest BCUT2D eigenvalue weighted by Crippen LogP contribution is -1.75. The number of hydrogen-bond acceptors (Lipinski definition) is 1. The summed E-state index contributed by atoms with van der Waals surface area (Å²) in [4.78, 5) is 0. The number of rotatable bonds is 2. The molecule has 2 aromatic carbocycles. The molecule has 0 heterocycles. The van der Waals surface area contributed by atoms with Crippen LogP contribution in [0.25, 0.3) is 10.8 Å². The largest absolute Gasteiger partial charge is 0.396 e. The molecule has 80 valence electrons. The standard InChI is InChI=1S/C10H8.C4H10O/c1-2-6-10-8-4-3-7-9(10)5-1;1-2-3-4-5/h1-8H;5H,2-4H2,1H3. The van der Waals surface area contributed by atoms with Gasteiger partial charge in [-0.15, -0.1) is 0 Å². The Bertz CT molecular complexity index is 314.